The molecule has 1 heterocycles. The number of carbonyl (C=O) groups is 1. The van der Waals surface area contributed by atoms with Crippen molar-refractivity contribution in [3.05, 3.63) is 57.6 Å². The highest BCUT2D eigenvalue weighted by Crippen LogP contribution is 2.30. The molecule has 0 radical (unpaired) electrons. The number of rotatable bonds is 8. The lowest BCUT2D eigenvalue weighted by molar-refractivity contribution is -0.384. The van der Waals surface area contributed by atoms with Crippen molar-refractivity contribution in [2.45, 2.75) is 4.34 Å². The lowest BCUT2D eigenvalue weighted by Gasteiger charge is -2.05. The van der Waals surface area contributed by atoms with Crippen LogP contribution < -0.4 is 15.4 Å². The van der Waals surface area contributed by atoms with Gasteiger partial charge in [0.2, 0.25) is 11.0 Å². The van der Waals surface area contributed by atoms with Crippen LogP contribution in [0, 0.1) is 10.1 Å². The molecule has 3 rings (SSSR count). The first kappa shape index (κ1) is 20.8. The minimum atomic E-state index is -0.606. The van der Waals surface area contributed by atoms with Crippen LogP contribution in [0.15, 0.2) is 46.8 Å². The van der Waals surface area contributed by atoms with E-state index < -0.39 is 4.92 Å². The summed E-state index contributed by atoms with van der Waals surface area (Å²) < 4.78 is 5.78. The predicted molar refractivity (Wildman–Crippen MR) is 114 cm³/mol. The molecule has 0 spiro atoms. The van der Waals surface area contributed by atoms with Gasteiger partial charge in [-0.3, -0.25) is 14.9 Å². The molecule has 1 aromatic heterocycles. The van der Waals surface area contributed by atoms with E-state index in [9.17, 15) is 14.9 Å². The van der Waals surface area contributed by atoms with Gasteiger partial charge >= 0.3 is 0 Å². The van der Waals surface area contributed by atoms with Gasteiger partial charge in [0.25, 0.3) is 5.69 Å². The summed E-state index contributed by atoms with van der Waals surface area (Å²) in [5.41, 5.74) is 0.831. The number of hydrogen-bond donors (Lipinski definition) is 2. The zero-order chi connectivity index (χ0) is 20.8. The summed E-state index contributed by atoms with van der Waals surface area (Å²) in [5.74, 6) is 0.460. The average Bonchev–Trinajstić information content (AvgIpc) is 3.15. The lowest BCUT2D eigenvalue weighted by atomic mass is 10.3. The quantitative estimate of drug-likeness (QED) is 0.290. The summed E-state index contributed by atoms with van der Waals surface area (Å²) in [7, 11) is 1.59. The number of nitrogens with zero attached hydrogens (tertiary/aromatic N) is 3. The van der Waals surface area contributed by atoms with Crippen molar-refractivity contribution >= 4 is 62.8 Å². The monoisotopic (exact) mass is 451 g/mol. The molecule has 150 valence electrons. The molecule has 2 aromatic carbocycles. The van der Waals surface area contributed by atoms with Gasteiger partial charge in [0.05, 0.1) is 17.8 Å². The van der Waals surface area contributed by atoms with Crippen molar-refractivity contribution in [2.24, 2.45) is 0 Å². The van der Waals surface area contributed by atoms with Gasteiger partial charge in [-0.2, -0.15) is 0 Å². The van der Waals surface area contributed by atoms with Crippen LogP contribution in [0.2, 0.25) is 5.02 Å². The Morgan fingerprint density at radius 2 is 2.10 bits per heavy atom. The maximum Gasteiger partial charge on any atom is 0.289 e. The normalized spacial score (nSPS) is 10.4. The molecule has 0 aliphatic carbocycles. The minimum absolute atomic E-state index is 0.00676. The molecular weight excluding hydrogens is 438 g/mol. The third kappa shape index (κ3) is 5.79. The van der Waals surface area contributed by atoms with Gasteiger partial charge in [-0.1, -0.05) is 40.8 Å². The number of anilines is 3. The molecule has 2 N–H and O–H groups in total. The van der Waals surface area contributed by atoms with Crippen molar-refractivity contribution in [1.29, 1.82) is 0 Å². The fourth-order valence-corrected chi connectivity index (χ4v) is 3.96. The molecule has 3 aromatic rings. The zero-order valence-corrected chi connectivity index (χ0v) is 17.3. The van der Waals surface area contributed by atoms with E-state index in [4.69, 9.17) is 16.3 Å². The van der Waals surface area contributed by atoms with Crippen LogP contribution in [0.1, 0.15) is 0 Å². The molecule has 0 aliphatic rings. The lowest BCUT2D eigenvalue weighted by Crippen LogP contribution is -2.14. The first-order valence-corrected chi connectivity index (χ1v) is 10.2. The zero-order valence-electron chi connectivity index (χ0n) is 14.9. The standard InChI is InChI=1S/C17H14ClN5O4S2/c1-27-12-4-2-3-10(7-12)20-16-21-22-17(29-16)28-9-15(24)19-11-5-6-13(18)14(8-11)23(25)26/h2-8H,9H2,1H3,(H,19,24)(H,20,21). The molecular formula is C17H14ClN5O4S2. The average molecular weight is 452 g/mol. The number of carbonyl (C=O) groups excluding carboxylic acids is 1. The van der Waals surface area contributed by atoms with Crippen LogP contribution >= 0.6 is 34.7 Å². The SMILES string of the molecule is COc1cccc(Nc2nnc(SCC(=O)Nc3ccc(Cl)c([N+](=O)[O-])c3)s2)c1. The second kappa shape index (κ2) is 9.54. The van der Waals surface area contributed by atoms with E-state index in [-0.39, 0.29) is 22.4 Å². The molecule has 0 bridgehead atoms. The first-order valence-electron chi connectivity index (χ1n) is 8.06. The van der Waals surface area contributed by atoms with Crippen molar-refractivity contribution in [1.82, 2.24) is 10.2 Å². The van der Waals surface area contributed by atoms with Gasteiger partial charge < -0.3 is 15.4 Å². The molecule has 1 amide bonds. The van der Waals surface area contributed by atoms with Gasteiger partial charge in [0.1, 0.15) is 10.8 Å². The Bertz CT molecular complexity index is 1050. The highest BCUT2D eigenvalue weighted by molar-refractivity contribution is 8.01. The molecule has 0 aliphatic heterocycles. The molecule has 0 saturated carbocycles. The third-order valence-corrected chi connectivity index (χ3v) is 5.77. The molecule has 0 unspecified atom stereocenters. The van der Waals surface area contributed by atoms with Crippen molar-refractivity contribution in [2.75, 3.05) is 23.5 Å². The van der Waals surface area contributed by atoms with E-state index in [1.54, 1.807) is 7.11 Å². The van der Waals surface area contributed by atoms with Crippen LogP contribution in [-0.4, -0.2) is 33.9 Å². The second-order valence-electron chi connectivity index (χ2n) is 5.49. The van der Waals surface area contributed by atoms with Gasteiger partial charge in [-0.15, -0.1) is 10.2 Å². The predicted octanol–water partition coefficient (Wildman–Crippen LogP) is 4.58. The summed E-state index contributed by atoms with van der Waals surface area (Å²) in [6, 6.07) is 11.5. The molecule has 0 saturated heterocycles. The summed E-state index contributed by atoms with van der Waals surface area (Å²) in [6.45, 7) is 0. The van der Waals surface area contributed by atoms with Gasteiger partial charge in [0.15, 0.2) is 4.34 Å². The van der Waals surface area contributed by atoms with Crippen molar-refractivity contribution in [3.8, 4) is 5.75 Å². The molecule has 0 fully saturated rings. The number of nitro benzene ring substituents is 1. The highest BCUT2D eigenvalue weighted by Gasteiger charge is 2.14. The van der Waals surface area contributed by atoms with E-state index in [0.717, 1.165) is 5.69 Å². The Balaban J connectivity index is 1.54. The Labute approximate surface area is 178 Å². The maximum absolute atomic E-state index is 12.1. The Morgan fingerprint density at radius 1 is 1.28 bits per heavy atom. The van der Waals surface area contributed by atoms with Gasteiger partial charge in [0, 0.05) is 23.5 Å². The minimum Gasteiger partial charge on any atom is -0.497 e. The molecule has 29 heavy (non-hydrogen) atoms. The number of aromatic nitrogens is 2. The van der Waals surface area contributed by atoms with E-state index in [1.807, 2.05) is 24.3 Å². The molecule has 0 atom stereocenters. The van der Waals surface area contributed by atoms with Crippen molar-refractivity contribution in [3.63, 3.8) is 0 Å². The Kier molecular flexibility index (Phi) is 6.86. The van der Waals surface area contributed by atoms with Crippen LogP contribution in [0.4, 0.5) is 22.2 Å². The number of benzene rings is 2. The van der Waals surface area contributed by atoms with Gasteiger partial charge in [-0.05, 0) is 24.3 Å². The number of amides is 1. The van der Waals surface area contributed by atoms with Crippen LogP contribution in [0.25, 0.3) is 0 Å². The Morgan fingerprint density at radius 3 is 2.86 bits per heavy atom. The number of thioether (sulfide) groups is 1. The van der Waals surface area contributed by atoms with Crippen LogP contribution in [0.3, 0.4) is 0 Å². The number of hydrogen-bond acceptors (Lipinski definition) is 9. The highest BCUT2D eigenvalue weighted by atomic mass is 35.5. The fourth-order valence-electron chi connectivity index (χ4n) is 2.20. The first-order chi connectivity index (χ1) is 13.9. The van der Waals surface area contributed by atoms with E-state index in [0.29, 0.717) is 20.9 Å². The van der Waals surface area contributed by atoms with Crippen LogP contribution in [-0.2, 0) is 4.79 Å². The molecule has 12 heteroatoms. The second-order valence-corrected chi connectivity index (χ2v) is 8.10. The number of ether oxygens (including phenoxy) is 1. The summed E-state index contributed by atoms with van der Waals surface area (Å²) in [4.78, 5) is 22.4. The molecule has 9 nitrogen and oxygen atoms in total. The third-order valence-electron chi connectivity index (χ3n) is 3.48. The number of nitro groups is 1. The smallest absolute Gasteiger partial charge is 0.289 e. The maximum atomic E-state index is 12.1. The summed E-state index contributed by atoms with van der Waals surface area (Å²) in [6.07, 6.45) is 0. The van der Waals surface area contributed by atoms with E-state index >= 15 is 0 Å². The number of methoxy groups -OCH3 is 1. The fraction of sp³-hybridized carbons (Fsp3) is 0.118. The topological polar surface area (TPSA) is 119 Å². The van der Waals surface area contributed by atoms with E-state index in [2.05, 4.69) is 20.8 Å². The van der Waals surface area contributed by atoms with Gasteiger partial charge in [-0.25, -0.2) is 0 Å². The van der Waals surface area contributed by atoms with Crippen molar-refractivity contribution < 1.29 is 14.5 Å². The largest absolute Gasteiger partial charge is 0.497 e. The number of nitrogens with one attached hydrogen (secondary N) is 2. The Hall–Kier alpha value is -2.89. The summed E-state index contributed by atoms with van der Waals surface area (Å²) >= 11 is 8.27. The number of halogens is 1. The summed E-state index contributed by atoms with van der Waals surface area (Å²) in [5, 5.41) is 25.3. The van der Waals surface area contributed by atoms with E-state index in [1.165, 1.54) is 41.3 Å². The van der Waals surface area contributed by atoms with Crippen LogP contribution in [0.5, 0.6) is 5.75 Å².